The van der Waals surface area contributed by atoms with Gasteiger partial charge in [-0.05, 0) is 6.92 Å². The smallest absolute Gasteiger partial charge is 0.287 e. The first-order valence-electron chi connectivity index (χ1n) is 7.02. The molecular formula is C14H22ClN3O3. The van der Waals surface area contributed by atoms with Crippen LogP contribution in [0, 0.1) is 5.41 Å². The zero-order valence-corrected chi connectivity index (χ0v) is 13.6. The molecule has 2 rings (SSSR count). The van der Waals surface area contributed by atoms with Crippen LogP contribution in [-0.4, -0.2) is 39.7 Å². The number of aliphatic hydroxyl groups is 1. The van der Waals surface area contributed by atoms with Crippen LogP contribution in [0.25, 0.3) is 0 Å². The van der Waals surface area contributed by atoms with Crippen molar-refractivity contribution in [2.24, 2.45) is 12.5 Å². The molecule has 118 valence electrons. The van der Waals surface area contributed by atoms with Crippen molar-refractivity contribution in [2.75, 3.05) is 18.5 Å². The van der Waals surface area contributed by atoms with Gasteiger partial charge in [-0.2, -0.15) is 5.10 Å². The second-order valence-corrected chi connectivity index (χ2v) is 6.43. The van der Waals surface area contributed by atoms with Gasteiger partial charge in [0.1, 0.15) is 5.02 Å². The Bertz CT molecular complexity index is 587. The molecule has 0 aliphatic heterocycles. The van der Waals surface area contributed by atoms with Gasteiger partial charge in [-0.25, -0.2) is 4.68 Å². The van der Waals surface area contributed by atoms with Crippen LogP contribution >= 0.6 is 11.6 Å². The Morgan fingerprint density at radius 3 is 2.86 bits per heavy atom. The van der Waals surface area contributed by atoms with Crippen LogP contribution < -0.4 is 10.9 Å². The molecule has 1 saturated carbocycles. The summed E-state index contributed by atoms with van der Waals surface area (Å²) in [5.41, 5.74) is -1.20. The summed E-state index contributed by atoms with van der Waals surface area (Å²) >= 11 is 6.00. The van der Waals surface area contributed by atoms with Gasteiger partial charge in [-0.15, -0.1) is 0 Å². The number of hydrogen-bond acceptors (Lipinski definition) is 5. The first-order chi connectivity index (χ1) is 9.73. The molecule has 2 atom stereocenters. The molecule has 7 heteroatoms. The number of anilines is 1. The largest absolute Gasteiger partial charge is 0.387 e. The molecule has 1 aliphatic carbocycles. The molecule has 0 unspecified atom stereocenters. The molecule has 1 aliphatic rings. The van der Waals surface area contributed by atoms with E-state index in [2.05, 4.69) is 10.4 Å². The molecular weight excluding hydrogens is 294 g/mol. The highest BCUT2D eigenvalue weighted by atomic mass is 35.5. The summed E-state index contributed by atoms with van der Waals surface area (Å²) in [6.45, 7) is 6.81. The number of rotatable bonds is 5. The fraction of sp³-hybridized carbons (Fsp3) is 0.714. The Morgan fingerprint density at radius 1 is 1.62 bits per heavy atom. The van der Waals surface area contributed by atoms with E-state index in [1.807, 2.05) is 20.8 Å². The van der Waals surface area contributed by atoms with Crippen molar-refractivity contribution < 1.29 is 9.84 Å². The lowest BCUT2D eigenvalue weighted by molar-refractivity contribution is -0.233. The average Bonchev–Trinajstić information content (AvgIpc) is 2.44. The quantitative estimate of drug-likeness (QED) is 0.859. The van der Waals surface area contributed by atoms with Gasteiger partial charge >= 0.3 is 0 Å². The van der Waals surface area contributed by atoms with Crippen LogP contribution in [0.15, 0.2) is 11.0 Å². The SMILES string of the molecule is CCO[C@@H]1C[C@](O)(CNc2cnn(C)c(=O)c2Cl)C1(C)C. The number of ether oxygens (including phenoxy) is 1. The standard InChI is InChI=1S/C14H22ClN3O3/c1-5-21-10-6-14(20,13(10,2)3)8-16-9-7-17-18(4)12(19)11(9)15/h7,10,16,20H,5-6,8H2,1-4H3/t10-,14+/m1/s1. The van der Waals surface area contributed by atoms with Crippen LogP contribution in [0.5, 0.6) is 0 Å². The second kappa shape index (κ2) is 5.59. The van der Waals surface area contributed by atoms with Crippen molar-refractivity contribution in [3.05, 3.63) is 21.6 Å². The minimum absolute atomic E-state index is 0.0338. The van der Waals surface area contributed by atoms with Gasteiger partial charge in [-0.3, -0.25) is 4.79 Å². The Morgan fingerprint density at radius 2 is 2.29 bits per heavy atom. The molecule has 0 bridgehead atoms. The Hall–Kier alpha value is -1.11. The fourth-order valence-corrected chi connectivity index (χ4v) is 2.88. The summed E-state index contributed by atoms with van der Waals surface area (Å²) in [7, 11) is 1.53. The van der Waals surface area contributed by atoms with Gasteiger partial charge in [0.2, 0.25) is 0 Å². The topological polar surface area (TPSA) is 76.4 Å². The summed E-state index contributed by atoms with van der Waals surface area (Å²) in [4.78, 5) is 11.7. The summed E-state index contributed by atoms with van der Waals surface area (Å²) in [5, 5.41) is 17.7. The number of aromatic nitrogens is 2. The number of nitrogens with zero attached hydrogens (tertiary/aromatic N) is 2. The number of aryl methyl sites for hydroxylation is 1. The molecule has 0 aromatic carbocycles. The van der Waals surface area contributed by atoms with E-state index in [0.29, 0.717) is 18.7 Å². The third-order valence-corrected chi connectivity index (χ3v) is 4.91. The van der Waals surface area contributed by atoms with Crippen molar-refractivity contribution in [1.82, 2.24) is 9.78 Å². The lowest BCUT2D eigenvalue weighted by Crippen LogP contribution is -2.67. The molecule has 2 N–H and O–H groups in total. The number of hydrogen-bond donors (Lipinski definition) is 2. The van der Waals surface area contributed by atoms with Gasteiger partial charge < -0.3 is 15.2 Å². The minimum Gasteiger partial charge on any atom is -0.387 e. The lowest BCUT2D eigenvalue weighted by atomic mass is 9.56. The molecule has 21 heavy (non-hydrogen) atoms. The molecule has 6 nitrogen and oxygen atoms in total. The maximum Gasteiger partial charge on any atom is 0.287 e. The van der Waals surface area contributed by atoms with Crippen LogP contribution in [0.4, 0.5) is 5.69 Å². The Balaban J connectivity index is 2.08. The molecule has 1 aromatic heterocycles. The number of halogens is 1. The highest BCUT2D eigenvalue weighted by Crippen LogP contribution is 2.51. The maximum atomic E-state index is 11.7. The summed E-state index contributed by atoms with van der Waals surface area (Å²) in [6, 6.07) is 0. The van der Waals surface area contributed by atoms with Crippen LogP contribution in [0.1, 0.15) is 27.2 Å². The monoisotopic (exact) mass is 315 g/mol. The number of nitrogens with one attached hydrogen (secondary N) is 1. The van der Waals surface area contributed by atoms with Crippen LogP contribution in [-0.2, 0) is 11.8 Å². The van der Waals surface area contributed by atoms with E-state index in [-0.39, 0.29) is 28.6 Å². The predicted molar refractivity (Wildman–Crippen MR) is 81.7 cm³/mol. The first-order valence-corrected chi connectivity index (χ1v) is 7.40. The highest BCUT2D eigenvalue weighted by molar-refractivity contribution is 6.32. The fourth-order valence-electron chi connectivity index (χ4n) is 2.64. The molecule has 0 amide bonds. The first kappa shape index (κ1) is 16.3. The van der Waals surface area contributed by atoms with Gasteiger partial charge in [0.15, 0.2) is 0 Å². The van der Waals surface area contributed by atoms with Crippen molar-refractivity contribution in [2.45, 2.75) is 38.9 Å². The van der Waals surface area contributed by atoms with Crippen molar-refractivity contribution in [1.29, 1.82) is 0 Å². The van der Waals surface area contributed by atoms with Gasteiger partial charge in [0.25, 0.3) is 5.56 Å². The second-order valence-electron chi connectivity index (χ2n) is 6.06. The minimum atomic E-state index is -0.906. The summed E-state index contributed by atoms with van der Waals surface area (Å²) < 4.78 is 6.79. The van der Waals surface area contributed by atoms with Crippen molar-refractivity contribution in [3.63, 3.8) is 0 Å². The van der Waals surface area contributed by atoms with Gasteiger partial charge in [0.05, 0.1) is 23.6 Å². The summed E-state index contributed by atoms with van der Waals surface area (Å²) in [5.74, 6) is 0. The lowest BCUT2D eigenvalue weighted by Gasteiger charge is -2.58. The molecule has 1 fully saturated rings. The van der Waals surface area contributed by atoms with Crippen LogP contribution in [0.2, 0.25) is 5.02 Å². The van der Waals surface area contributed by atoms with E-state index >= 15 is 0 Å². The highest BCUT2D eigenvalue weighted by Gasteiger charge is 2.59. The Kier molecular flexibility index (Phi) is 4.33. The van der Waals surface area contributed by atoms with Crippen LogP contribution in [0.3, 0.4) is 0 Å². The van der Waals surface area contributed by atoms with E-state index < -0.39 is 5.60 Å². The normalized spacial score (nSPS) is 27.2. The van der Waals surface area contributed by atoms with Crippen molar-refractivity contribution >= 4 is 17.3 Å². The predicted octanol–water partition coefficient (Wildman–Crippen LogP) is 1.41. The van der Waals surface area contributed by atoms with Gasteiger partial charge in [-0.1, -0.05) is 25.4 Å². The van der Waals surface area contributed by atoms with E-state index in [9.17, 15) is 9.90 Å². The summed E-state index contributed by atoms with van der Waals surface area (Å²) in [6.07, 6.45) is 2.07. The molecule has 0 radical (unpaired) electrons. The zero-order chi connectivity index (χ0) is 15.8. The average molecular weight is 316 g/mol. The molecule has 1 aromatic rings. The van der Waals surface area contributed by atoms with Gasteiger partial charge in [0, 0.05) is 32.0 Å². The molecule has 0 saturated heterocycles. The zero-order valence-electron chi connectivity index (χ0n) is 12.8. The van der Waals surface area contributed by atoms with E-state index in [1.54, 1.807) is 0 Å². The van der Waals surface area contributed by atoms with E-state index in [1.165, 1.54) is 17.9 Å². The molecule has 1 heterocycles. The van der Waals surface area contributed by atoms with Crippen molar-refractivity contribution in [3.8, 4) is 0 Å². The maximum absolute atomic E-state index is 11.7. The molecule has 0 spiro atoms. The van der Waals surface area contributed by atoms with E-state index in [4.69, 9.17) is 16.3 Å². The van der Waals surface area contributed by atoms with E-state index in [0.717, 1.165) is 0 Å². The Labute approximate surface area is 129 Å². The third kappa shape index (κ3) is 2.67. The third-order valence-electron chi connectivity index (χ3n) is 4.54.